The molecular weight excluding hydrogens is 230 g/mol. The Morgan fingerprint density at radius 3 is 2.94 bits per heavy atom. The van der Waals surface area contributed by atoms with Gasteiger partial charge in [0.25, 0.3) is 0 Å². The third-order valence-electron chi connectivity index (χ3n) is 2.43. The summed E-state index contributed by atoms with van der Waals surface area (Å²) in [4.78, 5) is 8.54. The van der Waals surface area contributed by atoms with Gasteiger partial charge in [-0.3, -0.25) is 0 Å². The molecule has 0 fully saturated rings. The van der Waals surface area contributed by atoms with Gasteiger partial charge in [-0.05, 0) is 24.7 Å². The van der Waals surface area contributed by atoms with Gasteiger partial charge in [-0.25, -0.2) is 9.97 Å². The van der Waals surface area contributed by atoms with Gasteiger partial charge in [0, 0.05) is 11.8 Å². The molecule has 0 saturated heterocycles. The van der Waals surface area contributed by atoms with Gasteiger partial charge in [-0.1, -0.05) is 18.2 Å². The summed E-state index contributed by atoms with van der Waals surface area (Å²) < 4.78 is 0. The Kier molecular flexibility index (Phi) is 4.34. The van der Waals surface area contributed by atoms with Gasteiger partial charge in [0.15, 0.2) is 0 Å². The molecule has 0 radical (unpaired) electrons. The van der Waals surface area contributed by atoms with E-state index < -0.39 is 0 Å². The number of nitriles is 1. The number of thioether (sulfide) groups is 1. The first-order valence-corrected chi connectivity index (χ1v) is 6.60. The summed E-state index contributed by atoms with van der Waals surface area (Å²) in [6.07, 6.45) is 4.27. The van der Waals surface area contributed by atoms with Gasteiger partial charge in [0.2, 0.25) is 0 Å². The highest BCUT2D eigenvalue weighted by molar-refractivity contribution is 7.99. The molecule has 0 aliphatic carbocycles. The number of benzene rings is 1. The Morgan fingerprint density at radius 1 is 1.18 bits per heavy atom. The topological polar surface area (TPSA) is 49.6 Å². The van der Waals surface area contributed by atoms with E-state index in [9.17, 15) is 0 Å². The van der Waals surface area contributed by atoms with Gasteiger partial charge >= 0.3 is 0 Å². The van der Waals surface area contributed by atoms with Crippen LogP contribution < -0.4 is 0 Å². The van der Waals surface area contributed by atoms with Gasteiger partial charge < -0.3 is 0 Å². The summed E-state index contributed by atoms with van der Waals surface area (Å²) in [6.45, 7) is 0. The number of hydrogen-bond donors (Lipinski definition) is 0. The average molecular weight is 243 g/mol. The Bertz CT molecular complexity index is 528. The lowest BCUT2D eigenvalue weighted by molar-refractivity contribution is 0.829. The predicted octanol–water partition coefficient (Wildman–Crippen LogP) is 3.42. The Hall–Kier alpha value is -1.60. The largest absolute Gasteiger partial charge is 0.236 e. The maximum atomic E-state index is 8.45. The van der Waals surface area contributed by atoms with Crippen LogP contribution in [-0.2, 0) is 0 Å². The first-order valence-electron chi connectivity index (χ1n) is 5.61. The van der Waals surface area contributed by atoms with E-state index in [0.717, 1.165) is 34.5 Å². The van der Waals surface area contributed by atoms with Gasteiger partial charge in [-0.15, -0.1) is 11.8 Å². The standard InChI is InChI=1S/C13H13N3S/c14-8-4-1-5-9-17-13-11-6-2-3-7-12(11)15-10-16-13/h2-3,6-7,10H,1,4-5,9H2. The average Bonchev–Trinajstić information content (AvgIpc) is 2.39. The first-order chi connectivity index (χ1) is 8.42. The lowest BCUT2D eigenvalue weighted by Crippen LogP contribution is -1.88. The second-order valence-corrected chi connectivity index (χ2v) is 4.74. The quantitative estimate of drug-likeness (QED) is 0.458. The van der Waals surface area contributed by atoms with E-state index in [4.69, 9.17) is 5.26 Å². The molecule has 1 aromatic carbocycles. The van der Waals surface area contributed by atoms with Gasteiger partial charge in [-0.2, -0.15) is 5.26 Å². The normalized spacial score (nSPS) is 10.3. The molecule has 0 aliphatic heterocycles. The number of nitrogens with zero attached hydrogens (tertiary/aromatic N) is 3. The second-order valence-electron chi connectivity index (χ2n) is 3.66. The molecule has 0 aliphatic rings. The third-order valence-corrected chi connectivity index (χ3v) is 3.52. The van der Waals surface area contributed by atoms with E-state index in [-0.39, 0.29) is 0 Å². The molecule has 2 rings (SSSR count). The zero-order chi connectivity index (χ0) is 11.9. The van der Waals surface area contributed by atoms with Crippen LogP contribution in [-0.4, -0.2) is 15.7 Å². The van der Waals surface area contributed by atoms with Crippen LogP contribution in [0, 0.1) is 11.3 Å². The zero-order valence-electron chi connectivity index (χ0n) is 9.47. The monoisotopic (exact) mass is 243 g/mol. The summed E-state index contributed by atoms with van der Waals surface area (Å²) in [7, 11) is 0. The molecule has 0 spiro atoms. The van der Waals surface area contributed by atoms with Crippen LogP contribution in [0.4, 0.5) is 0 Å². The van der Waals surface area contributed by atoms with E-state index >= 15 is 0 Å². The molecule has 0 unspecified atom stereocenters. The highest BCUT2D eigenvalue weighted by atomic mass is 32.2. The van der Waals surface area contributed by atoms with Crippen LogP contribution in [0.1, 0.15) is 19.3 Å². The van der Waals surface area contributed by atoms with Crippen molar-refractivity contribution >= 4 is 22.7 Å². The van der Waals surface area contributed by atoms with Gasteiger partial charge in [0.05, 0.1) is 11.6 Å². The zero-order valence-corrected chi connectivity index (χ0v) is 10.3. The van der Waals surface area contributed by atoms with Crippen molar-refractivity contribution in [1.29, 1.82) is 5.26 Å². The number of hydrogen-bond acceptors (Lipinski definition) is 4. The molecule has 86 valence electrons. The van der Waals surface area contributed by atoms with Crippen molar-refractivity contribution in [1.82, 2.24) is 9.97 Å². The molecule has 3 nitrogen and oxygen atoms in total. The molecule has 1 heterocycles. The maximum absolute atomic E-state index is 8.45. The summed E-state index contributed by atoms with van der Waals surface area (Å²) >= 11 is 1.74. The molecular formula is C13H13N3S. The fraction of sp³-hybridized carbons (Fsp3) is 0.308. The number of aromatic nitrogens is 2. The van der Waals surface area contributed by atoms with Crippen LogP contribution in [0.2, 0.25) is 0 Å². The van der Waals surface area contributed by atoms with Crippen molar-refractivity contribution in [3.8, 4) is 6.07 Å². The fourth-order valence-corrected chi connectivity index (χ4v) is 2.56. The van der Waals surface area contributed by atoms with Crippen LogP contribution in [0.3, 0.4) is 0 Å². The maximum Gasteiger partial charge on any atom is 0.117 e. The van der Waals surface area contributed by atoms with Crippen LogP contribution >= 0.6 is 11.8 Å². The van der Waals surface area contributed by atoms with Crippen LogP contribution in [0.15, 0.2) is 35.6 Å². The van der Waals surface area contributed by atoms with E-state index in [0.29, 0.717) is 6.42 Å². The van der Waals surface area contributed by atoms with Crippen molar-refractivity contribution in [2.24, 2.45) is 0 Å². The summed E-state index contributed by atoms with van der Waals surface area (Å²) in [5, 5.41) is 10.6. The molecule has 0 atom stereocenters. The van der Waals surface area contributed by atoms with E-state index in [2.05, 4.69) is 16.0 Å². The third kappa shape index (κ3) is 3.18. The van der Waals surface area contributed by atoms with Crippen molar-refractivity contribution in [2.75, 3.05) is 5.75 Å². The Balaban J connectivity index is 2.01. The van der Waals surface area contributed by atoms with E-state index in [1.54, 1.807) is 18.1 Å². The summed E-state index contributed by atoms with van der Waals surface area (Å²) in [5.74, 6) is 1.00. The molecule has 2 aromatic rings. The van der Waals surface area contributed by atoms with Crippen LogP contribution in [0.25, 0.3) is 10.9 Å². The van der Waals surface area contributed by atoms with E-state index in [1.165, 1.54) is 0 Å². The minimum absolute atomic E-state index is 0.644. The van der Waals surface area contributed by atoms with Crippen molar-refractivity contribution < 1.29 is 0 Å². The molecule has 0 saturated carbocycles. The molecule has 0 N–H and O–H groups in total. The second kappa shape index (κ2) is 6.21. The number of unbranched alkanes of at least 4 members (excludes halogenated alkanes) is 2. The van der Waals surface area contributed by atoms with Crippen LogP contribution in [0.5, 0.6) is 0 Å². The summed E-state index contributed by atoms with van der Waals surface area (Å²) in [5.41, 5.74) is 0.988. The smallest absolute Gasteiger partial charge is 0.117 e. The van der Waals surface area contributed by atoms with Crippen molar-refractivity contribution in [2.45, 2.75) is 24.3 Å². The first kappa shape index (κ1) is 11.9. The van der Waals surface area contributed by atoms with E-state index in [1.807, 2.05) is 24.3 Å². The number of rotatable bonds is 5. The van der Waals surface area contributed by atoms with Crippen molar-refractivity contribution in [3.05, 3.63) is 30.6 Å². The molecule has 4 heteroatoms. The van der Waals surface area contributed by atoms with Gasteiger partial charge in [0.1, 0.15) is 11.4 Å². The minimum Gasteiger partial charge on any atom is -0.236 e. The lowest BCUT2D eigenvalue weighted by Gasteiger charge is -2.03. The SMILES string of the molecule is N#CCCCCSc1ncnc2ccccc12. The highest BCUT2D eigenvalue weighted by Gasteiger charge is 2.02. The summed E-state index contributed by atoms with van der Waals surface area (Å²) in [6, 6.07) is 10.2. The number of para-hydroxylation sites is 1. The predicted molar refractivity (Wildman–Crippen MR) is 69.7 cm³/mol. The van der Waals surface area contributed by atoms with Crippen molar-refractivity contribution in [3.63, 3.8) is 0 Å². The molecule has 1 aromatic heterocycles. The fourth-order valence-electron chi connectivity index (χ4n) is 1.57. The molecule has 0 amide bonds. The lowest BCUT2D eigenvalue weighted by atomic mass is 10.2. The Labute approximate surface area is 105 Å². The molecule has 0 bridgehead atoms. The number of fused-ring (bicyclic) bond motifs is 1. The minimum atomic E-state index is 0.644. The molecule has 17 heavy (non-hydrogen) atoms. The highest BCUT2D eigenvalue weighted by Crippen LogP contribution is 2.24. The Morgan fingerprint density at radius 2 is 2.06 bits per heavy atom.